The highest BCUT2D eigenvalue weighted by molar-refractivity contribution is 6.05. The third kappa shape index (κ3) is 0.873. The van der Waals surface area contributed by atoms with Crippen molar-refractivity contribution in [3.8, 4) is 0 Å². The van der Waals surface area contributed by atoms with Gasteiger partial charge in [0.15, 0.2) is 0 Å². The van der Waals surface area contributed by atoms with Crippen LogP contribution in [0.3, 0.4) is 0 Å². The van der Waals surface area contributed by atoms with Crippen molar-refractivity contribution in [2.75, 3.05) is 0 Å². The molecule has 0 atom stereocenters. The topological polar surface area (TPSA) is 25.8 Å². The van der Waals surface area contributed by atoms with Crippen molar-refractivity contribution in [1.29, 1.82) is 0 Å². The standard InChI is InChI=1S/C14H8N2/c1-8-4-5-10-12-7-11(12)9-3-2-6-15-13(9)14(10)16-8/h2-6H,1H3. The summed E-state index contributed by atoms with van der Waals surface area (Å²) in [4.78, 5) is 9.04. The summed E-state index contributed by atoms with van der Waals surface area (Å²) in [5.41, 5.74) is 6.33. The number of benzene rings is 1. The van der Waals surface area contributed by atoms with Crippen LogP contribution in [0.1, 0.15) is 5.69 Å². The molecule has 3 aromatic rings. The highest BCUT2D eigenvalue weighted by Gasteiger charge is 2.11. The third-order valence-corrected chi connectivity index (χ3v) is 3.04. The quantitative estimate of drug-likeness (QED) is 0.402. The molecule has 0 fully saturated rings. The molecule has 0 N–H and O–H groups in total. The van der Waals surface area contributed by atoms with Crippen LogP contribution < -0.4 is 10.4 Å². The van der Waals surface area contributed by atoms with E-state index in [-0.39, 0.29) is 0 Å². The SMILES string of the molecule is Cc1ccc2c3c(c4cccnc4c2n1)=C=3. The van der Waals surface area contributed by atoms with Gasteiger partial charge in [-0.2, -0.15) is 0 Å². The number of aryl methyl sites for hydroxylation is 1. The number of rotatable bonds is 0. The first-order valence-corrected chi connectivity index (χ1v) is 5.30. The van der Waals surface area contributed by atoms with Crippen molar-refractivity contribution in [3.63, 3.8) is 0 Å². The van der Waals surface area contributed by atoms with E-state index < -0.39 is 0 Å². The normalized spacial score (nSPS) is 12.1. The molecular weight excluding hydrogens is 196 g/mol. The van der Waals surface area contributed by atoms with Gasteiger partial charge < -0.3 is 0 Å². The van der Waals surface area contributed by atoms with Gasteiger partial charge in [0, 0.05) is 33.1 Å². The fourth-order valence-electron chi connectivity index (χ4n) is 2.23. The molecule has 2 aromatic heterocycles. The van der Waals surface area contributed by atoms with Crippen molar-refractivity contribution in [1.82, 2.24) is 9.97 Å². The minimum Gasteiger partial charge on any atom is -0.254 e. The molecule has 1 aromatic carbocycles. The van der Waals surface area contributed by atoms with Crippen molar-refractivity contribution in [2.45, 2.75) is 6.92 Å². The van der Waals surface area contributed by atoms with Crippen LogP contribution >= 0.6 is 0 Å². The second kappa shape index (κ2) is 2.49. The van der Waals surface area contributed by atoms with Gasteiger partial charge in [-0.3, -0.25) is 9.97 Å². The number of nitrogens with zero attached hydrogens (tertiary/aromatic N) is 2. The van der Waals surface area contributed by atoms with E-state index in [1.165, 1.54) is 21.2 Å². The second-order valence-corrected chi connectivity index (χ2v) is 4.12. The lowest BCUT2D eigenvalue weighted by atomic mass is 10.1. The van der Waals surface area contributed by atoms with Gasteiger partial charge >= 0.3 is 0 Å². The van der Waals surface area contributed by atoms with E-state index in [0.717, 1.165) is 16.7 Å². The summed E-state index contributed by atoms with van der Waals surface area (Å²) in [6.07, 6.45) is 1.82. The lowest BCUT2D eigenvalue weighted by Gasteiger charge is -2.01. The van der Waals surface area contributed by atoms with Gasteiger partial charge in [0.2, 0.25) is 0 Å². The summed E-state index contributed by atoms with van der Waals surface area (Å²) in [6, 6.07) is 8.21. The molecule has 0 radical (unpaired) electrons. The van der Waals surface area contributed by atoms with Crippen molar-refractivity contribution < 1.29 is 0 Å². The molecule has 0 unspecified atom stereocenters. The Morgan fingerprint density at radius 2 is 1.81 bits per heavy atom. The third-order valence-electron chi connectivity index (χ3n) is 3.04. The van der Waals surface area contributed by atoms with Gasteiger partial charge in [-0.1, -0.05) is 0 Å². The maximum atomic E-state index is 4.60. The van der Waals surface area contributed by atoms with Crippen LogP contribution in [-0.2, 0) is 0 Å². The van der Waals surface area contributed by atoms with E-state index in [9.17, 15) is 0 Å². The fraction of sp³-hybridized carbons (Fsp3) is 0.0714. The average molecular weight is 204 g/mol. The highest BCUT2D eigenvalue weighted by atomic mass is 14.7. The summed E-state index contributed by atoms with van der Waals surface area (Å²) in [7, 11) is 0. The molecule has 0 bridgehead atoms. The van der Waals surface area contributed by atoms with Gasteiger partial charge in [-0.05, 0) is 31.2 Å². The summed E-state index contributed by atoms with van der Waals surface area (Å²) in [5.74, 6) is 0. The molecule has 1 aliphatic carbocycles. The van der Waals surface area contributed by atoms with Crippen LogP contribution in [-0.4, -0.2) is 9.97 Å². The number of pyridine rings is 2. The van der Waals surface area contributed by atoms with Crippen molar-refractivity contribution in [2.24, 2.45) is 0 Å². The van der Waals surface area contributed by atoms with Crippen LogP contribution in [0.5, 0.6) is 0 Å². The van der Waals surface area contributed by atoms with Gasteiger partial charge in [0.1, 0.15) is 0 Å². The smallest absolute Gasteiger partial charge is 0.0980 e. The lowest BCUT2D eigenvalue weighted by molar-refractivity contribution is 1.25. The molecule has 2 nitrogen and oxygen atoms in total. The van der Waals surface area contributed by atoms with Gasteiger partial charge in [-0.15, -0.1) is 5.73 Å². The molecule has 4 rings (SSSR count). The minimum atomic E-state index is 0.991. The van der Waals surface area contributed by atoms with Gasteiger partial charge in [0.25, 0.3) is 0 Å². The Balaban J connectivity index is 2.41. The minimum absolute atomic E-state index is 0.991. The number of hydrogen-bond acceptors (Lipinski definition) is 2. The van der Waals surface area contributed by atoms with Crippen molar-refractivity contribution in [3.05, 3.63) is 46.6 Å². The zero-order chi connectivity index (χ0) is 10.7. The molecular formula is C14H8N2. The maximum absolute atomic E-state index is 4.60. The van der Waals surface area contributed by atoms with E-state index in [1.807, 2.05) is 25.3 Å². The van der Waals surface area contributed by atoms with E-state index in [4.69, 9.17) is 0 Å². The summed E-state index contributed by atoms with van der Waals surface area (Å²) >= 11 is 0. The Labute approximate surface area is 91.6 Å². The van der Waals surface area contributed by atoms with Crippen molar-refractivity contribution >= 4 is 27.5 Å². The number of hydrogen-bond donors (Lipinski definition) is 0. The molecule has 74 valence electrons. The molecule has 0 aliphatic heterocycles. The lowest BCUT2D eigenvalue weighted by Crippen LogP contribution is -2.11. The Morgan fingerprint density at radius 3 is 2.69 bits per heavy atom. The van der Waals surface area contributed by atoms with E-state index in [2.05, 4.69) is 27.8 Å². The van der Waals surface area contributed by atoms with Gasteiger partial charge in [-0.25, -0.2) is 0 Å². The number of aromatic nitrogens is 2. The average Bonchev–Trinajstić information content (AvgIpc) is 3.09. The van der Waals surface area contributed by atoms with Crippen LogP contribution in [0.25, 0.3) is 27.5 Å². The molecule has 0 saturated heterocycles. The largest absolute Gasteiger partial charge is 0.254 e. The Morgan fingerprint density at radius 1 is 1.00 bits per heavy atom. The number of fused-ring (bicyclic) bond motifs is 6. The molecule has 0 spiro atoms. The Hall–Kier alpha value is -2.18. The summed E-state index contributed by atoms with van der Waals surface area (Å²) < 4.78 is 0. The first kappa shape index (κ1) is 8.03. The first-order valence-electron chi connectivity index (χ1n) is 5.30. The van der Waals surface area contributed by atoms with Crippen LogP contribution in [0, 0.1) is 6.92 Å². The van der Waals surface area contributed by atoms with Crippen LogP contribution in [0.2, 0.25) is 0 Å². The predicted octanol–water partition coefficient (Wildman–Crippen LogP) is 1.16. The molecule has 0 amide bonds. The van der Waals surface area contributed by atoms with E-state index in [0.29, 0.717) is 0 Å². The predicted molar refractivity (Wildman–Crippen MR) is 63.5 cm³/mol. The molecule has 16 heavy (non-hydrogen) atoms. The summed E-state index contributed by atoms with van der Waals surface area (Å²) in [6.45, 7) is 2.01. The Kier molecular flexibility index (Phi) is 1.25. The van der Waals surface area contributed by atoms with Crippen LogP contribution in [0.15, 0.2) is 30.5 Å². The van der Waals surface area contributed by atoms with E-state index >= 15 is 0 Å². The van der Waals surface area contributed by atoms with Crippen LogP contribution in [0.4, 0.5) is 0 Å². The zero-order valence-electron chi connectivity index (χ0n) is 8.78. The van der Waals surface area contributed by atoms with Gasteiger partial charge in [0.05, 0.1) is 11.0 Å². The molecule has 0 saturated carbocycles. The fourth-order valence-corrected chi connectivity index (χ4v) is 2.23. The zero-order valence-corrected chi connectivity index (χ0v) is 8.78. The first-order chi connectivity index (χ1) is 7.84. The molecule has 1 aliphatic rings. The maximum Gasteiger partial charge on any atom is 0.0980 e. The van der Waals surface area contributed by atoms with E-state index in [1.54, 1.807) is 0 Å². The summed E-state index contributed by atoms with van der Waals surface area (Å²) in [5, 5.41) is 4.76. The Bertz CT molecular complexity index is 888. The molecule has 2 heteroatoms. The highest BCUT2D eigenvalue weighted by Crippen LogP contribution is 2.17. The second-order valence-electron chi connectivity index (χ2n) is 4.12. The molecule has 2 heterocycles. The monoisotopic (exact) mass is 204 g/mol.